The molecule has 1 aromatic heterocycles. The zero-order chi connectivity index (χ0) is 11.9. The Morgan fingerprint density at radius 1 is 1.47 bits per heavy atom. The van der Waals surface area contributed by atoms with Crippen molar-refractivity contribution in [3.63, 3.8) is 0 Å². The van der Waals surface area contributed by atoms with Gasteiger partial charge >= 0.3 is 0 Å². The van der Waals surface area contributed by atoms with Crippen LogP contribution >= 0.6 is 0 Å². The van der Waals surface area contributed by atoms with Crippen molar-refractivity contribution in [1.29, 1.82) is 0 Å². The average Bonchev–Trinajstić information content (AvgIpc) is 2.44. The van der Waals surface area contributed by atoms with Gasteiger partial charge in [-0.05, 0) is 20.3 Å². The van der Waals surface area contributed by atoms with E-state index in [1.54, 1.807) is 13.8 Å². The minimum Gasteiger partial charge on any atom is -0.381 e. The Labute approximate surface area is 89.6 Å². The highest BCUT2D eigenvalue weighted by Crippen LogP contribution is 2.33. The Bertz CT molecular complexity index is 460. The van der Waals surface area contributed by atoms with Crippen LogP contribution in [0.2, 0.25) is 0 Å². The van der Waals surface area contributed by atoms with E-state index in [9.17, 15) is 8.42 Å². The van der Waals surface area contributed by atoms with Crippen LogP contribution in [0.25, 0.3) is 0 Å². The van der Waals surface area contributed by atoms with Crippen LogP contribution in [0.15, 0.2) is 4.52 Å². The van der Waals surface area contributed by atoms with E-state index in [4.69, 9.17) is 10.3 Å². The molecule has 86 valence electrons. The molecule has 0 aromatic carbocycles. The average molecular weight is 232 g/mol. The maximum Gasteiger partial charge on any atom is 0.170 e. The predicted octanol–water partition coefficient (Wildman–Crippen LogP) is 1.10. The third-order valence-corrected chi connectivity index (χ3v) is 4.69. The second-order valence-electron chi connectivity index (χ2n) is 4.01. The standard InChI is InChI=1S/C9H16N2O3S/c1-5-6-7(14-11-8(6)10)9(2,3)15(4,12)13/h5H2,1-4H3,(H2,10,11). The minimum absolute atomic E-state index is 0.268. The molecule has 0 bridgehead atoms. The highest BCUT2D eigenvalue weighted by atomic mass is 32.2. The summed E-state index contributed by atoms with van der Waals surface area (Å²) in [6.45, 7) is 5.05. The van der Waals surface area contributed by atoms with Gasteiger partial charge in [0.15, 0.2) is 21.4 Å². The van der Waals surface area contributed by atoms with Gasteiger partial charge in [0.1, 0.15) is 4.75 Å². The van der Waals surface area contributed by atoms with E-state index in [2.05, 4.69) is 5.16 Å². The van der Waals surface area contributed by atoms with Gasteiger partial charge in [-0.2, -0.15) is 0 Å². The number of aromatic nitrogens is 1. The van der Waals surface area contributed by atoms with E-state index < -0.39 is 14.6 Å². The summed E-state index contributed by atoms with van der Waals surface area (Å²) in [7, 11) is -3.26. The summed E-state index contributed by atoms with van der Waals surface area (Å²) in [5.41, 5.74) is 6.26. The molecule has 6 heteroatoms. The zero-order valence-electron chi connectivity index (χ0n) is 9.36. The summed E-state index contributed by atoms with van der Waals surface area (Å²) < 4.78 is 27.1. The van der Waals surface area contributed by atoms with Crippen molar-refractivity contribution in [2.24, 2.45) is 0 Å². The first-order valence-electron chi connectivity index (χ1n) is 4.66. The Morgan fingerprint density at radius 3 is 2.40 bits per heavy atom. The lowest BCUT2D eigenvalue weighted by atomic mass is 10.0. The van der Waals surface area contributed by atoms with E-state index >= 15 is 0 Å². The normalized spacial score (nSPS) is 13.1. The summed E-state index contributed by atoms with van der Waals surface area (Å²) >= 11 is 0. The molecule has 0 fully saturated rings. The molecule has 2 N–H and O–H groups in total. The Balaban J connectivity index is 3.40. The molecule has 1 aromatic rings. The first kappa shape index (κ1) is 12.0. The molecule has 0 unspecified atom stereocenters. The maximum atomic E-state index is 11.6. The van der Waals surface area contributed by atoms with Crippen LogP contribution in [-0.2, 0) is 21.0 Å². The van der Waals surface area contributed by atoms with Gasteiger partial charge in [-0.1, -0.05) is 12.1 Å². The topological polar surface area (TPSA) is 86.2 Å². The lowest BCUT2D eigenvalue weighted by Gasteiger charge is -2.20. The molecule has 0 radical (unpaired) electrons. The van der Waals surface area contributed by atoms with Crippen molar-refractivity contribution < 1.29 is 12.9 Å². The van der Waals surface area contributed by atoms with E-state index in [0.29, 0.717) is 17.7 Å². The SMILES string of the molecule is CCc1c(N)noc1C(C)(C)S(C)(=O)=O. The van der Waals surface area contributed by atoms with Crippen molar-refractivity contribution in [1.82, 2.24) is 5.16 Å². The molecule has 1 rings (SSSR count). The van der Waals surface area contributed by atoms with Crippen LogP contribution in [0.4, 0.5) is 5.82 Å². The smallest absolute Gasteiger partial charge is 0.170 e. The van der Waals surface area contributed by atoms with E-state index in [1.807, 2.05) is 6.92 Å². The quantitative estimate of drug-likeness (QED) is 0.843. The summed E-state index contributed by atoms with van der Waals surface area (Å²) in [6.07, 6.45) is 1.77. The van der Waals surface area contributed by atoms with Gasteiger partial charge in [-0.25, -0.2) is 8.42 Å². The van der Waals surface area contributed by atoms with Crippen molar-refractivity contribution in [2.45, 2.75) is 31.9 Å². The van der Waals surface area contributed by atoms with E-state index in [-0.39, 0.29) is 5.82 Å². The van der Waals surface area contributed by atoms with Crippen LogP contribution in [0.5, 0.6) is 0 Å². The monoisotopic (exact) mass is 232 g/mol. The van der Waals surface area contributed by atoms with Gasteiger partial charge in [-0.3, -0.25) is 0 Å². The van der Waals surface area contributed by atoms with Gasteiger partial charge in [0.05, 0.1) is 0 Å². The summed E-state index contributed by atoms with van der Waals surface area (Å²) in [6, 6.07) is 0. The number of nitrogen functional groups attached to an aromatic ring is 1. The highest BCUT2D eigenvalue weighted by molar-refractivity contribution is 7.91. The molecule has 0 amide bonds. The van der Waals surface area contributed by atoms with Crippen molar-refractivity contribution in [2.75, 3.05) is 12.0 Å². The fraction of sp³-hybridized carbons (Fsp3) is 0.667. The second kappa shape index (κ2) is 3.52. The van der Waals surface area contributed by atoms with Crippen LogP contribution in [-0.4, -0.2) is 19.8 Å². The lowest BCUT2D eigenvalue weighted by Crippen LogP contribution is -2.28. The summed E-state index contributed by atoms with van der Waals surface area (Å²) in [5, 5.41) is 3.61. The number of anilines is 1. The van der Waals surface area contributed by atoms with Gasteiger partial charge < -0.3 is 10.3 Å². The lowest BCUT2D eigenvalue weighted by molar-refractivity contribution is 0.354. The molecule has 0 saturated heterocycles. The molecule has 0 spiro atoms. The van der Waals surface area contributed by atoms with Gasteiger partial charge in [0, 0.05) is 11.8 Å². The zero-order valence-corrected chi connectivity index (χ0v) is 10.2. The van der Waals surface area contributed by atoms with Gasteiger partial charge in [-0.15, -0.1) is 0 Å². The molecule has 0 saturated carbocycles. The maximum absolute atomic E-state index is 11.6. The summed E-state index contributed by atoms with van der Waals surface area (Å²) in [5.74, 6) is 0.606. The largest absolute Gasteiger partial charge is 0.381 e. The number of hydrogen-bond acceptors (Lipinski definition) is 5. The number of sulfone groups is 1. The second-order valence-corrected chi connectivity index (χ2v) is 6.58. The van der Waals surface area contributed by atoms with E-state index in [1.165, 1.54) is 6.26 Å². The van der Waals surface area contributed by atoms with Gasteiger partial charge in [0.2, 0.25) is 0 Å². The van der Waals surface area contributed by atoms with Crippen LogP contribution in [0, 0.1) is 0 Å². The molecule has 0 aliphatic heterocycles. The highest BCUT2D eigenvalue weighted by Gasteiger charge is 2.38. The molecule has 15 heavy (non-hydrogen) atoms. The fourth-order valence-corrected chi connectivity index (χ4v) is 1.80. The molecular weight excluding hydrogens is 216 g/mol. The van der Waals surface area contributed by atoms with E-state index in [0.717, 1.165) is 0 Å². The van der Waals surface area contributed by atoms with Crippen molar-refractivity contribution in [3.05, 3.63) is 11.3 Å². The first-order chi connectivity index (χ1) is 6.71. The minimum atomic E-state index is -3.26. The molecule has 0 atom stereocenters. The van der Waals surface area contributed by atoms with Crippen molar-refractivity contribution in [3.8, 4) is 0 Å². The Hall–Kier alpha value is -1.04. The molecule has 0 aliphatic carbocycles. The molecule has 0 aliphatic rings. The van der Waals surface area contributed by atoms with Crippen LogP contribution in [0.1, 0.15) is 32.1 Å². The predicted molar refractivity (Wildman–Crippen MR) is 58.2 cm³/mol. The number of nitrogens with zero attached hydrogens (tertiary/aromatic N) is 1. The third-order valence-electron chi connectivity index (χ3n) is 2.65. The molecule has 5 nitrogen and oxygen atoms in total. The third kappa shape index (κ3) is 1.86. The Morgan fingerprint density at radius 2 is 2.00 bits per heavy atom. The van der Waals surface area contributed by atoms with Crippen LogP contribution in [0.3, 0.4) is 0 Å². The molecule has 1 heterocycles. The number of rotatable bonds is 3. The Kier molecular flexibility index (Phi) is 2.82. The number of hydrogen-bond donors (Lipinski definition) is 1. The van der Waals surface area contributed by atoms with Crippen LogP contribution < -0.4 is 5.73 Å². The summed E-state index contributed by atoms with van der Waals surface area (Å²) in [4.78, 5) is 0. The first-order valence-corrected chi connectivity index (χ1v) is 6.55. The number of nitrogens with two attached hydrogens (primary N) is 1. The van der Waals surface area contributed by atoms with Gasteiger partial charge in [0.25, 0.3) is 0 Å². The fourth-order valence-electron chi connectivity index (χ4n) is 1.30. The van der Waals surface area contributed by atoms with Crippen molar-refractivity contribution >= 4 is 15.7 Å². The molecular formula is C9H16N2O3S.